The normalized spacial score (nSPS) is 22.1. The number of rotatable bonds is 4. The number of carbonyl (C=O) groups excluding carboxylic acids is 2. The van der Waals surface area contributed by atoms with Crippen LogP contribution >= 0.6 is 0 Å². The second-order valence-electron chi connectivity index (χ2n) is 6.03. The first-order valence-electron chi connectivity index (χ1n) is 7.57. The fraction of sp³-hybridized carbons (Fsp3) is 0.529. The number of Topliss-reactive ketones (excluding diaryl/α,β-unsaturated/α-hetero) is 1. The molecule has 0 saturated heterocycles. The molecule has 114 valence electrons. The zero-order valence-corrected chi connectivity index (χ0v) is 13.1. The molecule has 1 aromatic carbocycles. The Morgan fingerprint density at radius 2 is 1.62 bits per heavy atom. The van der Waals surface area contributed by atoms with E-state index in [1.54, 1.807) is 24.3 Å². The third kappa shape index (κ3) is 3.91. The first-order chi connectivity index (χ1) is 9.99. The summed E-state index contributed by atoms with van der Waals surface area (Å²) in [4.78, 5) is 25.8. The quantitative estimate of drug-likeness (QED) is 0.866. The summed E-state index contributed by atoms with van der Waals surface area (Å²) in [7, 11) is 4.13. The van der Waals surface area contributed by atoms with Crippen LogP contribution in [-0.2, 0) is 0 Å². The van der Waals surface area contributed by atoms with Crippen molar-refractivity contribution in [2.75, 3.05) is 14.1 Å². The van der Waals surface area contributed by atoms with Gasteiger partial charge < -0.3 is 10.2 Å². The van der Waals surface area contributed by atoms with Crippen molar-refractivity contribution in [1.82, 2.24) is 10.2 Å². The molecule has 0 unspecified atom stereocenters. The molecule has 1 fully saturated rings. The topological polar surface area (TPSA) is 49.4 Å². The van der Waals surface area contributed by atoms with Gasteiger partial charge in [0.05, 0.1) is 0 Å². The Hall–Kier alpha value is -1.68. The number of hydrogen-bond acceptors (Lipinski definition) is 3. The van der Waals surface area contributed by atoms with Gasteiger partial charge in [0.2, 0.25) is 0 Å². The van der Waals surface area contributed by atoms with Crippen molar-refractivity contribution in [3.05, 3.63) is 35.4 Å². The summed E-state index contributed by atoms with van der Waals surface area (Å²) in [6.45, 7) is 1.53. The van der Waals surface area contributed by atoms with Gasteiger partial charge in [0, 0.05) is 23.2 Å². The molecule has 0 bridgehead atoms. The highest BCUT2D eigenvalue weighted by atomic mass is 16.1. The van der Waals surface area contributed by atoms with E-state index in [1.807, 2.05) is 0 Å². The van der Waals surface area contributed by atoms with Gasteiger partial charge in [-0.2, -0.15) is 0 Å². The Bertz CT molecular complexity index is 508. The van der Waals surface area contributed by atoms with E-state index in [2.05, 4.69) is 24.3 Å². The number of nitrogens with one attached hydrogen (secondary N) is 1. The fourth-order valence-corrected chi connectivity index (χ4v) is 3.01. The molecule has 1 aliphatic carbocycles. The van der Waals surface area contributed by atoms with Crippen molar-refractivity contribution in [2.45, 2.75) is 44.7 Å². The Labute approximate surface area is 126 Å². The summed E-state index contributed by atoms with van der Waals surface area (Å²) in [5.41, 5.74) is 1.25. The Morgan fingerprint density at radius 3 is 2.19 bits per heavy atom. The molecule has 0 spiro atoms. The molecule has 0 radical (unpaired) electrons. The van der Waals surface area contributed by atoms with E-state index in [9.17, 15) is 9.59 Å². The van der Waals surface area contributed by atoms with Crippen molar-refractivity contribution in [3.63, 3.8) is 0 Å². The minimum atomic E-state index is -0.0520. The summed E-state index contributed by atoms with van der Waals surface area (Å²) in [5.74, 6) is -0.0363. The van der Waals surface area contributed by atoms with Crippen LogP contribution in [0.4, 0.5) is 0 Å². The molecule has 0 aliphatic heterocycles. The van der Waals surface area contributed by atoms with Crippen LogP contribution in [0.15, 0.2) is 24.3 Å². The first kappa shape index (κ1) is 15.7. The lowest BCUT2D eigenvalue weighted by atomic mass is 9.89. The van der Waals surface area contributed by atoms with Crippen molar-refractivity contribution in [3.8, 4) is 0 Å². The van der Waals surface area contributed by atoms with Gasteiger partial charge in [-0.05, 0) is 46.0 Å². The van der Waals surface area contributed by atoms with Crippen LogP contribution in [0.2, 0.25) is 0 Å². The molecule has 0 aromatic heterocycles. The van der Waals surface area contributed by atoms with E-state index < -0.39 is 0 Å². The smallest absolute Gasteiger partial charge is 0.251 e. The zero-order valence-electron chi connectivity index (χ0n) is 13.1. The molecular weight excluding hydrogens is 264 g/mol. The molecule has 1 amide bonds. The van der Waals surface area contributed by atoms with Gasteiger partial charge in [-0.15, -0.1) is 0 Å². The highest BCUT2D eigenvalue weighted by Gasteiger charge is 2.28. The predicted octanol–water partition coefficient (Wildman–Crippen LogP) is 2.49. The van der Waals surface area contributed by atoms with Gasteiger partial charge in [0.1, 0.15) is 0 Å². The van der Waals surface area contributed by atoms with Crippen LogP contribution in [0.25, 0.3) is 0 Å². The van der Waals surface area contributed by atoms with Crippen molar-refractivity contribution >= 4 is 11.7 Å². The van der Waals surface area contributed by atoms with Gasteiger partial charge in [-0.1, -0.05) is 25.0 Å². The molecule has 1 saturated carbocycles. The maximum absolute atomic E-state index is 12.3. The van der Waals surface area contributed by atoms with Gasteiger partial charge in [-0.25, -0.2) is 0 Å². The minimum Gasteiger partial charge on any atom is -0.348 e. The standard InChI is InChI=1S/C17H24N2O2/c1-12(20)13-8-10-14(11-9-13)17(21)18-15-6-4-5-7-16(15)19(2)3/h8-11,15-16H,4-7H2,1-3H3,(H,18,21)/t15-,16-/m1/s1. The average Bonchev–Trinajstić information content (AvgIpc) is 2.47. The molecule has 0 heterocycles. The van der Waals surface area contributed by atoms with Gasteiger partial charge in [-0.3, -0.25) is 9.59 Å². The molecule has 2 rings (SSSR count). The van der Waals surface area contributed by atoms with Crippen LogP contribution in [0.5, 0.6) is 0 Å². The highest BCUT2D eigenvalue weighted by molar-refractivity contribution is 5.97. The van der Waals surface area contributed by atoms with Crippen molar-refractivity contribution in [1.29, 1.82) is 0 Å². The summed E-state index contributed by atoms with van der Waals surface area (Å²) in [5, 5.41) is 3.15. The van der Waals surface area contributed by atoms with Crippen LogP contribution in [0.3, 0.4) is 0 Å². The first-order valence-corrected chi connectivity index (χ1v) is 7.57. The van der Waals surface area contributed by atoms with Gasteiger partial charge in [0.25, 0.3) is 5.91 Å². The third-order valence-electron chi connectivity index (χ3n) is 4.26. The monoisotopic (exact) mass is 288 g/mol. The summed E-state index contributed by atoms with van der Waals surface area (Å²) in [6.07, 6.45) is 4.54. The SMILES string of the molecule is CC(=O)c1ccc(C(=O)N[C@@H]2CCCC[C@H]2N(C)C)cc1. The van der Waals surface area contributed by atoms with Crippen LogP contribution in [0.1, 0.15) is 53.3 Å². The zero-order chi connectivity index (χ0) is 15.4. The lowest BCUT2D eigenvalue weighted by Crippen LogP contribution is -2.51. The number of amides is 1. The summed E-state index contributed by atoms with van der Waals surface area (Å²) in [6, 6.07) is 7.47. The number of likely N-dealkylation sites (N-methyl/N-ethyl adjacent to an activating group) is 1. The second-order valence-corrected chi connectivity index (χ2v) is 6.03. The molecule has 4 heteroatoms. The maximum atomic E-state index is 12.3. The highest BCUT2D eigenvalue weighted by Crippen LogP contribution is 2.22. The molecule has 1 aliphatic rings. The van der Waals surface area contributed by atoms with Crippen molar-refractivity contribution < 1.29 is 9.59 Å². The summed E-state index contributed by atoms with van der Waals surface area (Å²) >= 11 is 0. The van der Waals surface area contributed by atoms with E-state index >= 15 is 0 Å². The van der Waals surface area contributed by atoms with E-state index in [1.165, 1.54) is 19.8 Å². The number of ketones is 1. The molecule has 21 heavy (non-hydrogen) atoms. The molecular formula is C17H24N2O2. The number of benzene rings is 1. The second kappa shape index (κ2) is 6.85. The summed E-state index contributed by atoms with van der Waals surface area (Å²) < 4.78 is 0. The van der Waals surface area contributed by atoms with Crippen LogP contribution < -0.4 is 5.32 Å². The third-order valence-corrected chi connectivity index (χ3v) is 4.26. The molecule has 4 nitrogen and oxygen atoms in total. The number of hydrogen-bond donors (Lipinski definition) is 1. The van der Waals surface area contributed by atoms with Gasteiger partial charge in [0.15, 0.2) is 5.78 Å². The molecule has 1 N–H and O–H groups in total. The molecule has 2 atom stereocenters. The number of carbonyl (C=O) groups is 2. The number of nitrogens with zero attached hydrogens (tertiary/aromatic N) is 1. The van der Waals surface area contributed by atoms with Gasteiger partial charge >= 0.3 is 0 Å². The fourth-order valence-electron chi connectivity index (χ4n) is 3.01. The molecule has 1 aromatic rings. The average molecular weight is 288 g/mol. The van der Waals surface area contributed by atoms with E-state index in [0.717, 1.165) is 12.8 Å². The van der Waals surface area contributed by atoms with E-state index in [-0.39, 0.29) is 17.7 Å². The predicted molar refractivity (Wildman–Crippen MR) is 83.6 cm³/mol. The Kier molecular flexibility index (Phi) is 5.12. The minimum absolute atomic E-state index is 0.0157. The Morgan fingerprint density at radius 1 is 1.05 bits per heavy atom. The van der Waals surface area contributed by atoms with Crippen LogP contribution in [-0.4, -0.2) is 42.8 Å². The van der Waals surface area contributed by atoms with E-state index in [4.69, 9.17) is 0 Å². The lowest BCUT2D eigenvalue weighted by molar-refractivity contribution is 0.0882. The van der Waals surface area contributed by atoms with Crippen molar-refractivity contribution in [2.24, 2.45) is 0 Å². The van der Waals surface area contributed by atoms with E-state index in [0.29, 0.717) is 17.2 Å². The maximum Gasteiger partial charge on any atom is 0.251 e. The Balaban J connectivity index is 2.04. The van der Waals surface area contributed by atoms with Crippen LogP contribution in [0, 0.1) is 0 Å². The lowest BCUT2D eigenvalue weighted by Gasteiger charge is -2.36. The largest absolute Gasteiger partial charge is 0.348 e.